The first-order chi connectivity index (χ1) is 10.0. The molecule has 8 nitrogen and oxygen atoms in total. The van der Waals surface area contributed by atoms with E-state index in [4.69, 9.17) is 10.5 Å². The van der Waals surface area contributed by atoms with Gasteiger partial charge in [0.1, 0.15) is 23.8 Å². The van der Waals surface area contributed by atoms with Crippen LogP contribution in [0, 0.1) is 32.8 Å². The molecule has 0 unspecified atom stereocenters. The molecule has 0 amide bonds. The lowest BCUT2D eigenvalue weighted by molar-refractivity contribution is -0.384. The van der Waals surface area contributed by atoms with Gasteiger partial charge >= 0.3 is 0 Å². The quantitative estimate of drug-likeness (QED) is 0.393. The van der Waals surface area contributed by atoms with E-state index in [1.165, 1.54) is 24.3 Å². The zero-order chi connectivity index (χ0) is 15.8. The lowest BCUT2D eigenvalue weighted by Gasteiger charge is -2.21. The van der Waals surface area contributed by atoms with Gasteiger partial charge in [0.2, 0.25) is 0 Å². The van der Waals surface area contributed by atoms with Crippen LogP contribution in [-0.4, -0.2) is 27.8 Å². The van der Waals surface area contributed by atoms with Crippen molar-refractivity contribution >= 4 is 5.69 Å². The van der Waals surface area contributed by atoms with E-state index < -0.39 is 23.7 Å². The lowest BCUT2D eigenvalue weighted by Crippen LogP contribution is -2.35. The predicted molar refractivity (Wildman–Crippen MR) is 71.4 cm³/mol. The summed E-state index contributed by atoms with van der Waals surface area (Å²) in [5.74, 6) is 0. The molecule has 0 bridgehead atoms. The van der Waals surface area contributed by atoms with E-state index in [0.29, 0.717) is 5.56 Å². The molecule has 0 aliphatic heterocycles. The van der Waals surface area contributed by atoms with E-state index in [2.05, 4.69) is 5.32 Å². The van der Waals surface area contributed by atoms with Crippen LogP contribution in [0.5, 0.6) is 0 Å². The molecule has 1 aromatic carbocycles. The number of nitriles is 2. The summed E-state index contributed by atoms with van der Waals surface area (Å²) in [6.45, 7) is -0.460. The van der Waals surface area contributed by atoms with Crippen LogP contribution in [0.2, 0.25) is 0 Å². The Morgan fingerprint density at radius 1 is 1.38 bits per heavy atom. The molecule has 0 aliphatic carbocycles. The summed E-state index contributed by atoms with van der Waals surface area (Å²) in [6.07, 6.45) is -0.0686. The third-order valence-corrected chi connectivity index (χ3v) is 2.71. The maximum atomic E-state index is 10.5. The van der Waals surface area contributed by atoms with Gasteiger partial charge in [-0.15, -0.1) is 0 Å². The average Bonchev–Trinajstić information content (AvgIpc) is 2.51. The van der Waals surface area contributed by atoms with E-state index in [1.54, 1.807) is 12.1 Å². The van der Waals surface area contributed by atoms with Gasteiger partial charge in [0.25, 0.3) is 5.69 Å². The first-order valence-electron chi connectivity index (χ1n) is 5.83. The number of aliphatic hydroxyl groups excluding tert-OH is 2. The van der Waals surface area contributed by atoms with Crippen molar-refractivity contribution in [2.75, 3.05) is 6.61 Å². The van der Waals surface area contributed by atoms with Crippen molar-refractivity contribution in [1.82, 2.24) is 5.32 Å². The number of rotatable bonds is 6. The summed E-state index contributed by atoms with van der Waals surface area (Å²) in [4.78, 5) is 9.97. The van der Waals surface area contributed by atoms with E-state index >= 15 is 0 Å². The Kier molecular flexibility index (Phi) is 5.83. The molecule has 0 radical (unpaired) electrons. The molecule has 21 heavy (non-hydrogen) atoms. The molecule has 0 aromatic heterocycles. The maximum Gasteiger partial charge on any atom is 0.269 e. The number of non-ortho nitro benzene ring substituents is 1. The Morgan fingerprint density at radius 3 is 2.38 bits per heavy atom. The van der Waals surface area contributed by atoms with Crippen molar-refractivity contribution in [3.8, 4) is 12.1 Å². The molecule has 108 valence electrons. The van der Waals surface area contributed by atoms with Crippen LogP contribution in [0.3, 0.4) is 0 Å². The van der Waals surface area contributed by atoms with Gasteiger partial charge in [-0.25, -0.2) is 0 Å². The molecule has 2 atom stereocenters. The number of hydrogen-bond acceptors (Lipinski definition) is 7. The zero-order valence-corrected chi connectivity index (χ0v) is 10.8. The van der Waals surface area contributed by atoms with E-state index in [1.807, 2.05) is 0 Å². The van der Waals surface area contributed by atoms with E-state index in [0.717, 1.165) is 6.20 Å². The van der Waals surface area contributed by atoms with Crippen LogP contribution >= 0.6 is 0 Å². The summed E-state index contributed by atoms with van der Waals surface area (Å²) in [5, 5.41) is 49.6. The molecule has 0 aliphatic rings. The number of nitro benzene ring substituents is 1. The molecule has 1 aromatic rings. The maximum absolute atomic E-state index is 10.5. The fourth-order valence-electron chi connectivity index (χ4n) is 1.55. The smallest absolute Gasteiger partial charge is 0.269 e. The molecular weight excluding hydrogens is 276 g/mol. The second kappa shape index (κ2) is 7.60. The van der Waals surface area contributed by atoms with Crippen molar-refractivity contribution in [2.45, 2.75) is 12.1 Å². The van der Waals surface area contributed by atoms with Crippen LogP contribution < -0.4 is 5.32 Å². The van der Waals surface area contributed by atoms with Crippen LogP contribution in [0.15, 0.2) is 36.0 Å². The number of nitrogens with one attached hydrogen (secondary N) is 1. The Hall–Kier alpha value is -2.94. The standard InChI is InChI=1S/C13H12N4O4/c14-5-9(6-15)7-16-12(8-18)13(19)10-1-3-11(4-2-10)17(20)21/h1-4,7,12-13,16,18-19H,8H2/t12-,13+/m1/s1. The number of aliphatic hydroxyl groups is 2. The van der Waals surface area contributed by atoms with Crippen molar-refractivity contribution < 1.29 is 15.1 Å². The van der Waals surface area contributed by atoms with Gasteiger partial charge in [-0.2, -0.15) is 10.5 Å². The second-order valence-electron chi connectivity index (χ2n) is 4.03. The monoisotopic (exact) mass is 288 g/mol. The third-order valence-electron chi connectivity index (χ3n) is 2.71. The average molecular weight is 288 g/mol. The van der Waals surface area contributed by atoms with Crippen molar-refractivity contribution in [1.29, 1.82) is 10.5 Å². The van der Waals surface area contributed by atoms with E-state index in [9.17, 15) is 20.3 Å². The Labute approximate surface area is 120 Å². The second-order valence-corrected chi connectivity index (χ2v) is 4.03. The summed E-state index contributed by atoms with van der Waals surface area (Å²) >= 11 is 0. The molecule has 0 saturated heterocycles. The first kappa shape index (κ1) is 16.1. The molecule has 8 heteroatoms. The van der Waals surface area contributed by atoms with Crippen LogP contribution in [0.4, 0.5) is 5.69 Å². The SMILES string of the molecule is N#CC(C#N)=CN[C@H](CO)[C@@H](O)c1ccc([N+](=O)[O-])cc1. The molecule has 0 saturated carbocycles. The zero-order valence-electron chi connectivity index (χ0n) is 10.8. The Bertz CT molecular complexity index is 597. The number of allylic oxidation sites excluding steroid dienone is 1. The topological polar surface area (TPSA) is 143 Å². The van der Waals surface area contributed by atoms with Crippen LogP contribution in [0.1, 0.15) is 11.7 Å². The third kappa shape index (κ3) is 4.28. The van der Waals surface area contributed by atoms with Gasteiger partial charge in [0.05, 0.1) is 17.6 Å². The van der Waals surface area contributed by atoms with Gasteiger partial charge in [-0.05, 0) is 17.7 Å². The normalized spacial score (nSPS) is 12.4. The highest BCUT2D eigenvalue weighted by Gasteiger charge is 2.20. The largest absolute Gasteiger partial charge is 0.394 e. The molecule has 0 fully saturated rings. The molecule has 0 spiro atoms. The van der Waals surface area contributed by atoms with Crippen LogP contribution in [0.25, 0.3) is 0 Å². The number of benzene rings is 1. The summed E-state index contributed by atoms with van der Waals surface area (Å²) < 4.78 is 0. The van der Waals surface area contributed by atoms with Crippen molar-refractivity contribution in [3.63, 3.8) is 0 Å². The highest BCUT2D eigenvalue weighted by molar-refractivity contribution is 5.35. The highest BCUT2D eigenvalue weighted by Crippen LogP contribution is 2.20. The van der Waals surface area contributed by atoms with Gasteiger partial charge in [-0.1, -0.05) is 0 Å². The highest BCUT2D eigenvalue weighted by atomic mass is 16.6. The Balaban J connectivity index is 2.86. The van der Waals surface area contributed by atoms with E-state index in [-0.39, 0.29) is 11.3 Å². The predicted octanol–water partition coefficient (Wildman–Crippen LogP) is 0.510. The van der Waals surface area contributed by atoms with Gasteiger partial charge in [0, 0.05) is 18.3 Å². The molecule has 1 rings (SSSR count). The van der Waals surface area contributed by atoms with Crippen LogP contribution in [-0.2, 0) is 0 Å². The first-order valence-corrected chi connectivity index (χ1v) is 5.83. The fourth-order valence-corrected chi connectivity index (χ4v) is 1.55. The molecule has 3 N–H and O–H groups in total. The minimum absolute atomic E-state index is 0.115. The van der Waals surface area contributed by atoms with Gasteiger partial charge < -0.3 is 15.5 Å². The number of nitrogens with zero attached hydrogens (tertiary/aromatic N) is 3. The van der Waals surface area contributed by atoms with Crippen molar-refractivity contribution in [2.24, 2.45) is 0 Å². The summed E-state index contributed by atoms with van der Waals surface area (Å²) in [6, 6.07) is 7.60. The number of hydrogen-bond donors (Lipinski definition) is 3. The summed E-state index contributed by atoms with van der Waals surface area (Å²) in [7, 11) is 0. The lowest BCUT2D eigenvalue weighted by atomic mass is 10.0. The molecular formula is C13H12N4O4. The van der Waals surface area contributed by atoms with Gasteiger partial charge in [0.15, 0.2) is 0 Å². The minimum Gasteiger partial charge on any atom is -0.394 e. The molecule has 0 heterocycles. The fraction of sp³-hybridized carbons (Fsp3) is 0.231. The number of nitro groups is 1. The van der Waals surface area contributed by atoms with Crippen molar-refractivity contribution in [3.05, 3.63) is 51.7 Å². The minimum atomic E-state index is -1.16. The van der Waals surface area contributed by atoms with Gasteiger partial charge in [-0.3, -0.25) is 10.1 Å². The Morgan fingerprint density at radius 2 is 1.95 bits per heavy atom. The summed E-state index contributed by atoms with van der Waals surface area (Å²) in [5.41, 5.74) is 0.0379.